The Kier molecular flexibility index (Phi) is 4.66. The first kappa shape index (κ1) is 14.2. The summed E-state index contributed by atoms with van der Waals surface area (Å²) >= 11 is 3.08. The smallest absolute Gasteiger partial charge is 0.148 e. The van der Waals surface area contributed by atoms with Gasteiger partial charge in [-0.1, -0.05) is 25.1 Å². The lowest BCUT2D eigenvalue weighted by Gasteiger charge is -2.09. The summed E-state index contributed by atoms with van der Waals surface area (Å²) in [6.07, 6.45) is 0. The summed E-state index contributed by atoms with van der Waals surface area (Å²) in [4.78, 5) is 0. The van der Waals surface area contributed by atoms with E-state index in [1.165, 1.54) is 12.1 Å². The quantitative estimate of drug-likeness (QED) is 0.816. The molecule has 0 bridgehead atoms. The monoisotopic (exact) mass is 325 g/mol. The van der Waals surface area contributed by atoms with Gasteiger partial charge in [-0.2, -0.15) is 0 Å². The second-order valence-corrected chi connectivity index (χ2v) is 5.05. The molecule has 2 aromatic rings. The Morgan fingerprint density at radius 3 is 2.68 bits per heavy atom. The summed E-state index contributed by atoms with van der Waals surface area (Å²) in [6.45, 7) is 3.54. The molecule has 0 saturated carbocycles. The van der Waals surface area contributed by atoms with E-state index in [4.69, 9.17) is 0 Å². The molecule has 0 aliphatic heterocycles. The Labute approximate surface area is 119 Å². The molecule has 0 heterocycles. The van der Waals surface area contributed by atoms with Crippen molar-refractivity contribution in [3.63, 3.8) is 0 Å². The van der Waals surface area contributed by atoms with E-state index in [9.17, 15) is 8.78 Å². The third-order valence-electron chi connectivity index (χ3n) is 2.84. The lowest BCUT2D eigenvalue weighted by Crippen LogP contribution is -2.11. The summed E-state index contributed by atoms with van der Waals surface area (Å²) in [5.41, 5.74) is 1.55. The van der Waals surface area contributed by atoms with Crippen molar-refractivity contribution in [2.45, 2.75) is 13.5 Å². The van der Waals surface area contributed by atoms with E-state index in [2.05, 4.69) is 21.2 Å². The van der Waals surface area contributed by atoms with Gasteiger partial charge in [0.25, 0.3) is 0 Å². The average Bonchev–Trinajstić information content (AvgIpc) is 2.42. The number of benzene rings is 2. The molecule has 0 fully saturated rings. The fraction of sp³-hybridized carbons (Fsp3) is 0.200. The molecule has 100 valence electrons. The summed E-state index contributed by atoms with van der Waals surface area (Å²) in [5, 5.41) is 3.19. The number of hydrogen-bond donors (Lipinski definition) is 1. The normalized spacial score (nSPS) is 10.7. The Morgan fingerprint density at radius 2 is 1.95 bits per heavy atom. The maximum atomic E-state index is 14.0. The molecule has 2 rings (SSSR count). The zero-order valence-electron chi connectivity index (χ0n) is 10.5. The molecule has 0 radical (unpaired) electrons. The molecule has 0 saturated heterocycles. The van der Waals surface area contributed by atoms with E-state index in [0.717, 1.165) is 12.1 Å². The van der Waals surface area contributed by atoms with Crippen LogP contribution in [0.5, 0.6) is 0 Å². The Morgan fingerprint density at radius 1 is 1.16 bits per heavy atom. The molecule has 0 unspecified atom stereocenters. The van der Waals surface area contributed by atoms with Gasteiger partial charge in [0, 0.05) is 6.54 Å². The average molecular weight is 326 g/mol. The zero-order valence-corrected chi connectivity index (χ0v) is 12.1. The molecule has 0 amide bonds. The highest BCUT2D eigenvalue weighted by molar-refractivity contribution is 9.10. The highest BCUT2D eigenvalue weighted by atomic mass is 79.9. The fourth-order valence-corrected chi connectivity index (χ4v) is 2.23. The summed E-state index contributed by atoms with van der Waals surface area (Å²) in [7, 11) is 0. The molecule has 0 aliphatic rings. The number of halogens is 3. The van der Waals surface area contributed by atoms with Crippen LogP contribution in [0.4, 0.5) is 8.78 Å². The standard InChI is InChI=1S/C15H14BrF2N/c1-2-19-9-10-4-3-5-11(8-10)14-13(17)7-6-12(16)15(14)18/h3-8,19H,2,9H2,1H3. The van der Waals surface area contributed by atoms with Crippen LogP contribution >= 0.6 is 15.9 Å². The van der Waals surface area contributed by atoms with Gasteiger partial charge in [0.05, 0.1) is 10.0 Å². The Bertz CT molecular complexity index is 584. The third-order valence-corrected chi connectivity index (χ3v) is 3.45. The maximum Gasteiger partial charge on any atom is 0.148 e. The highest BCUT2D eigenvalue weighted by Gasteiger charge is 2.14. The van der Waals surface area contributed by atoms with Crippen LogP contribution in [0, 0.1) is 11.6 Å². The molecule has 0 aromatic heterocycles. The van der Waals surface area contributed by atoms with E-state index < -0.39 is 11.6 Å². The second kappa shape index (κ2) is 6.26. The molecule has 4 heteroatoms. The largest absolute Gasteiger partial charge is 0.313 e. The minimum atomic E-state index is -0.569. The van der Waals surface area contributed by atoms with Gasteiger partial charge in [-0.3, -0.25) is 0 Å². The molecule has 1 N–H and O–H groups in total. The van der Waals surface area contributed by atoms with Crippen molar-refractivity contribution in [3.8, 4) is 11.1 Å². The van der Waals surface area contributed by atoms with E-state index in [1.807, 2.05) is 19.1 Å². The van der Waals surface area contributed by atoms with Crippen molar-refractivity contribution in [2.75, 3.05) is 6.54 Å². The fourth-order valence-electron chi connectivity index (χ4n) is 1.90. The molecular formula is C15H14BrF2N. The van der Waals surface area contributed by atoms with E-state index in [1.54, 1.807) is 12.1 Å². The first-order valence-electron chi connectivity index (χ1n) is 6.07. The molecule has 0 atom stereocenters. The van der Waals surface area contributed by atoms with Gasteiger partial charge in [0.1, 0.15) is 11.6 Å². The van der Waals surface area contributed by atoms with Crippen molar-refractivity contribution < 1.29 is 8.78 Å². The van der Waals surface area contributed by atoms with Crippen LogP contribution in [0.3, 0.4) is 0 Å². The summed E-state index contributed by atoms with van der Waals surface area (Å²) in [5.74, 6) is -1.12. The van der Waals surface area contributed by atoms with Gasteiger partial charge in [0.15, 0.2) is 0 Å². The van der Waals surface area contributed by atoms with Crippen LogP contribution in [0.1, 0.15) is 12.5 Å². The van der Waals surface area contributed by atoms with Gasteiger partial charge >= 0.3 is 0 Å². The molecule has 1 nitrogen and oxygen atoms in total. The predicted octanol–water partition coefficient (Wildman–Crippen LogP) is 4.50. The first-order chi connectivity index (χ1) is 9.13. The summed E-state index contributed by atoms with van der Waals surface area (Å²) < 4.78 is 28.1. The van der Waals surface area contributed by atoms with Crippen molar-refractivity contribution in [2.24, 2.45) is 0 Å². The van der Waals surface area contributed by atoms with Gasteiger partial charge < -0.3 is 5.32 Å². The van der Waals surface area contributed by atoms with Crippen molar-refractivity contribution in [1.29, 1.82) is 0 Å². The van der Waals surface area contributed by atoms with Crippen LogP contribution in [-0.4, -0.2) is 6.54 Å². The van der Waals surface area contributed by atoms with Crippen molar-refractivity contribution in [1.82, 2.24) is 5.32 Å². The molecule has 0 spiro atoms. The lowest BCUT2D eigenvalue weighted by atomic mass is 10.0. The van der Waals surface area contributed by atoms with E-state index in [-0.39, 0.29) is 10.0 Å². The Balaban J connectivity index is 2.44. The highest BCUT2D eigenvalue weighted by Crippen LogP contribution is 2.31. The van der Waals surface area contributed by atoms with Crippen LogP contribution in [0.15, 0.2) is 40.9 Å². The van der Waals surface area contributed by atoms with Gasteiger partial charge in [0.2, 0.25) is 0 Å². The first-order valence-corrected chi connectivity index (χ1v) is 6.86. The third kappa shape index (κ3) is 3.19. The lowest BCUT2D eigenvalue weighted by molar-refractivity contribution is 0.585. The van der Waals surface area contributed by atoms with Crippen molar-refractivity contribution in [3.05, 3.63) is 58.1 Å². The van der Waals surface area contributed by atoms with Crippen molar-refractivity contribution >= 4 is 15.9 Å². The molecule has 0 aliphatic carbocycles. The Hall–Kier alpha value is -1.26. The molecular weight excluding hydrogens is 312 g/mol. The zero-order chi connectivity index (χ0) is 13.8. The van der Waals surface area contributed by atoms with Crippen LogP contribution in [-0.2, 0) is 6.54 Å². The maximum absolute atomic E-state index is 14.0. The van der Waals surface area contributed by atoms with Crippen LogP contribution in [0.25, 0.3) is 11.1 Å². The minimum absolute atomic E-state index is 0.00715. The predicted molar refractivity (Wildman–Crippen MR) is 76.9 cm³/mol. The topological polar surface area (TPSA) is 12.0 Å². The number of rotatable bonds is 4. The van der Waals surface area contributed by atoms with E-state index >= 15 is 0 Å². The van der Waals surface area contributed by atoms with Crippen LogP contribution in [0.2, 0.25) is 0 Å². The number of nitrogens with one attached hydrogen (secondary N) is 1. The SMILES string of the molecule is CCNCc1cccc(-c2c(F)ccc(Br)c2F)c1. The minimum Gasteiger partial charge on any atom is -0.313 e. The van der Waals surface area contributed by atoms with Gasteiger partial charge in [-0.05, 0) is 51.8 Å². The second-order valence-electron chi connectivity index (χ2n) is 4.20. The van der Waals surface area contributed by atoms with E-state index in [0.29, 0.717) is 12.1 Å². The summed E-state index contributed by atoms with van der Waals surface area (Å²) in [6, 6.07) is 9.89. The van der Waals surface area contributed by atoms with Gasteiger partial charge in [-0.25, -0.2) is 8.78 Å². The number of hydrogen-bond acceptors (Lipinski definition) is 1. The molecule has 2 aromatic carbocycles. The molecule has 19 heavy (non-hydrogen) atoms. The van der Waals surface area contributed by atoms with Gasteiger partial charge in [-0.15, -0.1) is 0 Å². The van der Waals surface area contributed by atoms with Crippen LogP contribution < -0.4 is 5.32 Å².